The van der Waals surface area contributed by atoms with E-state index >= 15 is 0 Å². The van der Waals surface area contributed by atoms with Gasteiger partial charge in [0.1, 0.15) is 17.5 Å². The zero-order valence-corrected chi connectivity index (χ0v) is 11.1. The highest BCUT2D eigenvalue weighted by Crippen LogP contribution is 2.26. The summed E-state index contributed by atoms with van der Waals surface area (Å²) in [6.45, 7) is 6.05. The Morgan fingerprint density at radius 2 is 1.89 bits per heavy atom. The molecule has 5 nitrogen and oxygen atoms in total. The number of fused-ring (bicyclic) bond motifs is 1. The summed E-state index contributed by atoms with van der Waals surface area (Å²) in [7, 11) is 0. The minimum absolute atomic E-state index is 0.499. The smallest absolute Gasteiger partial charge is 0.263 e. The lowest BCUT2D eigenvalue weighted by molar-refractivity contribution is 0.442. The molecular formula is C14H14N4O. The summed E-state index contributed by atoms with van der Waals surface area (Å²) in [5.74, 6) is 0.715. The van der Waals surface area contributed by atoms with Crippen LogP contribution in [0, 0.1) is 20.8 Å². The van der Waals surface area contributed by atoms with Crippen molar-refractivity contribution in [3.63, 3.8) is 0 Å². The van der Waals surface area contributed by atoms with Crippen LogP contribution in [-0.2, 0) is 0 Å². The quantitative estimate of drug-likeness (QED) is 0.760. The number of nitrogens with zero attached hydrogens (tertiary/aromatic N) is 3. The molecular weight excluding hydrogens is 240 g/mol. The first-order chi connectivity index (χ1) is 9.15. The molecule has 3 aromatic rings. The van der Waals surface area contributed by atoms with Crippen molar-refractivity contribution < 1.29 is 4.52 Å². The minimum Gasteiger partial charge on any atom is -0.339 e. The number of hydrogen-bond acceptors (Lipinski definition) is 5. The number of aryl methyl sites for hydroxylation is 3. The van der Waals surface area contributed by atoms with E-state index in [1.165, 1.54) is 17.5 Å². The predicted molar refractivity (Wildman–Crippen MR) is 73.5 cm³/mol. The highest BCUT2D eigenvalue weighted by molar-refractivity contribution is 5.89. The van der Waals surface area contributed by atoms with Crippen LogP contribution in [0.25, 0.3) is 11.1 Å². The van der Waals surface area contributed by atoms with Crippen LogP contribution in [0.4, 0.5) is 11.5 Å². The fraction of sp³-hybridized carbons (Fsp3) is 0.214. The van der Waals surface area contributed by atoms with Gasteiger partial charge in [-0.15, -0.1) is 0 Å². The molecule has 0 aliphatic heterocycles. The zero-order chi connectivity index (χ0) is 13.4. The third-order valence-corrected chi connectivity index (χ3v) is 3.21. The molecule has 0 aliphatic carbocycles. The van der Waals surface area contributed by atoms with E-state index in [0.29, 0.717) is 11.5 Å². The number of hydrogen-bond donors (Lipinski definition) is 1. The molecule has 3 rings (SSSR count). The first-order valence-electron chi connectivity index (χ1n) is 6.06. The van der Waals surface area contributed by atoms with Crippen molar-refractivity contribution in [2.45, 2.75) is 20.8 Å². The van der Waals surface area contributed by atoms with Gasteiger partial charge in [-0.2, -0.15) is 4.98 Å². The van der Waals surface area contributed by atoms with E-state index in [0.717, 1.165) is 16.8 Å². The number of benzene rings is 1. The first-order valence-corrected chi connectivity index (χ1v) is 6.06. The second-order valence-electron chi connectivity index (χ2n) is 4.59. The Balaban J connectivity index is 2.05. The molecule has 0 unspecified atom stereocenters. The normalized spacial score (nSPS) is 10.9. The van der Waals surface area contributed by atoms with Crippen molar-refractivity contribution in [3.05, 3.63) is 41.3 Å². The Morgan fingerprint density at radius 3 is 2.68 bits per heavy atom. The molecule has 0 bridgehead atoms. The van der Waals surface area contributed by atoms with Crippen LogP contribution >= 0.6 is 0 Å². The Bertz CT molecular complexity index is 748. The van der Waals surface area contributed by atoms with Crippen molar-refractivity contribution >= 4 is 22.6 Å². The monoisotopic (exact) mass is 254 g/mol. The van der Waals surface area contributed by atoms with Gasteiger partial charge < -0.3 is 9.84 Å². The maximum atomic E-state index is 5.13. The molecule has 0 amide bonds. The predicted octanol–water partition coefficient (Wildman–Crippen LogP) is 3.29. The molecule has 0 aliphatic rings. The Labute approximate surface area is 110 Å². The Kier molecular flexibility index (Phi) is 2.67. The van der Waals surface area contributed by atoms with Gasteiger partial charge >= 0.3 is 0 Å². The van der Waals surface area contributed by atoms with Gasteiger partial charge in [-0.1, -0.05) is 11.2 Å². The molecule has 0 saturated carbocycles. The molecule has 0 radical (unpaired) electrons. The molecule has 0 fully saturated rings. The van der Waals surface area contributed by atoms with Crippen LogP contribution < -0.4 is 5.32 Å². The van der Waals surface area contributed by atoms with Gasteiger partial charge in [0.2, 0.25) is 0 Å². The van der Waals surface area contributed by atoms with E-state index < -0.39 is 0 Å². The highest BCUT2D eigenvalue weighted by Gasteiger charge is 2.12. The maximum absolute atomic E-state index is 5.13. The second kappa shape index (κ2) is 4.35. The maximum Gasteiger partial charge on any atom is 0.263 e. The first kappa shape index (κ1) is 11.6. The van der Waals surface area contributed by atoms with Gasteiger partial charge in [0, 0.05) is 5.69 Å². The second-order valence-corrected chi connectivity index (χ2v) is 4.59. The molecule has 5 heteroatoms. The van der Waals surface area contributed by atoms with Crippen LogP contribution in [0.1, 0.15) is 16.8 Å². The summed E-state index contributed by atoms with van der Waals surface area (Å²) < 4.78 is 5.13. The summed E-state index contributed by atoms with van der Waals surface area (Å²) in [4.78, 5) is 8.32. The largest absolute Gasteiger partial charge is 0.339 e. The van der Waals surface area contributed by atoms with E-state index in [1.54, 1.807) is 0 Å². The molecule has 2 aromatic heterocycles. The average molecular weight is 254 g/mol. The van der Waals surface area contributed by atoms with Crippen LogP contribution in [0.15, 0.2) is 29.0 Å². The van der Waals surface area contributed by atoms with Crippen LogP contribution in [0.3, 0.4) is 0 Å². The van der Waals surface area contributed by atoms with E-state index in [2.05, 4.69) is 46.4 Å². The third-order valence-electron chi connectivity index (χ3n) is 3.21. The SMILES string of the molecule is Cc1ccc(Nc2ncnc3onc(C)c23)cc1C. The molecule has 96 valence electrons. The number of anilines is 2. The Morgan fingerprint density at radius 1 is 1.05 bits per heavy atom. The van der Waals surface area contributed by atoms with Crippen molar-refractivity contribution in [2.24, 2.45) is 0 Å². The van der Waals surface area contributed by atoms with Crippen LogP contribution in [0.5, 0.6) is 0 Å². The lowest BCUT2D eigenvalue weighted by Gasteiger charge is -2.08. The summed E-state index contributed by atoms with van der Waals surface area (Å²) in [5, 5.41) is 8.02. The Hall–Kier alpha value is -2.43. The fourth-order valence-electron chi connectivity index (χ4n) is 1.97. The molecule has 0 spiro atoms. The van der Waals surface area contributed by atoms with Crippen molar-refractivity contribution in [3.8, 4) is 0 Å². The summed E-state index contributed by atoms with van der Waals surface area (Å²) in [5.41, 5.74) is 4.77. The molecule has 1 N–H and O–H groups in total. The van der Waals surface area contributed by atoms with E-state index in [-0.39, 0.29) is 0 Å². The van der Waals surface area contributed by atoms with Crippen LogP contribution in [-0.4, -0.2) is 15.1 Å². The molecule has 0 atom stereocenters. The standard InChI is InChI=1S/C14H14N4O/c1-8-4-5-11(6-9(8)2)17-13-12-10(3)18-19-14(12)16-7-15-13/h4-7H,1-3H3,(H,15,16,17). The fourth-order valence-corrected chi connectivity index (χ4v) is 1.97. The molecule has 19 heavy (non-hydrogen) atoms. The average Bonchev–Trinajstić information content (AvgIpc) is 2.77. The van der Waals surface area contributed by atoms with Crippen LogP contribution in [0.2, 0.25) is 0 Å². The molecule has 0 saturated heterocycles. The highest BCUT2D eigenvalue weighted by atomic mass is 16.5. The van der Waals surface area contributed by atoms with E-state index in [4.69, 9.17) is 4.52 Å². The van der Waals surface area contributed by atoms with Gasteiger partial charge in [-0.25, -0.2) is 4.98 Å². The van der Waals surface area contributed by atoms with Gasteiger partial charge in [0.05, 0.1) is 5.69 Å². The summed E-state index contributed by atoms with van der Waals surface area (Å²) in [6, 6.07) is 6.20. The lowest BCUT2D eigenvalue weighted by atomic mass is 10.1. The summed E-state index contributed by atoms with van der Waals surface area (Å²) in [6.07, 6.45) is 1.47. The number of aromatic nitrogens is 3. The summed E-state index contributed by atoms with van der Waals surface area (Å²) >= 11 is 0. The van der Waals surface area contributed by atoms with Gasteiger partial charge in [-0.05, 0) is 44.0 Å². The van der Waals surface area contributed by atoms with Gasteiger partial charge in [0.15, 0.2) is 0 Å². The van der Waals surface area contributed by atoms with Gasteiger partial charge in [0.25, 0.3) is 5.71 Å². The topological polar surface area (TPSA) is 63.8 Å². The third kappa shape index (κ3) is 2.03. The minimum atomic E-state index is 0.499. The molecule has 2 heterocycles. The van der Waals surface area contributed by atoms with Crippen molar-refractivity contribution in [1.82, 2.24) is 15.1 Å². The van der Waals surface area contributed by atoms with Crippen molar-refractivity contribution in [2.75, 3.05) is 5.32 Å². The zero-order valence-electron chi connectivity index (χ0n) is 11.1. The lowest BCUT2D eigenvalue weighted by Crippen LogP contribution is -1.96. The number of rotatable bonds is 2. The van der Waals surface area contributed by atoms with E-state index in [1.807, 2.05) is 13.0 Å². The number of nitrogens with one attached hydrogen (secondary N) is 1. The van der Waals surface area contributed by atoms with Crippen molar-refractivity contribution in [1.29, 1.82) is 0 Å². The van der Waals surface area contributed by atoms with Gasteiger partial charge in [-0.3, -0.25) is 0 Å². The van der Waals surface area contributed by atoms with E-state index in [9.17, 15) is 0 Å². The molecule has 1 aromatic carbocycles.